The Hall–Kier alpha value is -1.35. The number of carbonyl (C=O) groups is 1. The lowest BCUT2D eigenvalue weighted by molar-refractivity contribution is 0.0955. The zero-order valence-corrected chi connectivity index (χ0v) is 13.1. The molecule has 3 heteroatoms. The van der Waals surface area contributed by atoms with Crippen molar-refractivity contribution in [3.63, 3.8) is 0 Å². The van der Waals surface area contributed by atoms with E-state index in [1.54, 1.807) is 7.11 Å². The first-order valence-electron chi connectivity index (χ1n) is 7.26. The summed E-state index contributed by atoms with van der Waals surface area (Å²) in [6.45, 7) is 7.30. The average molecular weight is 277 g/mol. The van der Waals surface area contributed by atoms with Crippen molar-refractivity contribution in [1.29, 1.82) is 0 Å². The number of ether oxygens (including phenoxy) is 1. The highest BCUT2D eigenvalue weighted by Crippen LogP contribution is 2.33. The number of nitrogens with two attached hydrogens (primary N) is 1. The van der Waals surface area contributed by atoms with Crippen LogP contribution in [0.25, 0.3) is 0 Å². The van der Waals surface area contributed by atoms with Gasteiger partial charge in [-0.1, -0.05) is 32.9 Å². The lowest BCUT2D eigenvalue weighted by Gasteiger charge is -2.30. The monoisotopic (exact) mass is 277 g/mol. The number of para-hydroxylation sites is 1. The molecule has 0 bridgehead atoms. The van der Waals surface area contributed by atoms with Gasteiger partial charge in [-0.2, -0.15) is 0 Å². The molecule has 1 aromatic carbocycles. The van der Waals surface area contributed by atoms with E-state index in [1.165, 1.54) is 0 Å². The van der Waals surface area contributed by atoms with Crippen molar-refractivity contribution in [3.8, 4) is 5.75 Å². The van der Waals surface area contributed by atoms with E-state index in [9.17, 15) is 4.79 Å². The number of rotatable bonds is 7. The number of methoxy groups -OCH3 is 1. The second-order valence-corrected chi connectivity index (χ2v) is 6.30. The molecule has 0 radical (unpaired) electrons. The van der Waals surface area contributed by atoms with Crippen LogP contribution >= 0.6 is 0 Å². The van der Waals surface area contributed by atoms with Crippen molar-refractivity contribution in [2.45, 2.75) is 40.0 Å². The molecule has 0 heterocycles. The first kappa shape index (κ1) is 16.7. The zero-order valence-electron chi connectivity index (χ0n) is 13.1. The lowest BCUT2D eigenvalue weighted by atomic mass is 9.75. The highest BCUT2D eigenvalue weighted by atomic mass is 16.5. The standard InChI is InChI=1S/C17H27NO2/c1-17(2,3)13(11-12-18)9-10-15(19)14-7-5-6-8-16(14)20-4/h5-8,13H,9-12,18H2,1-4H3. The van der Waals surface area contributed by atoms with Crippen LogP contribution in [0, 0.1) is 11.3 Å². The minimum Gasteiger partial charge on any atom is -0.496 e. The molecule has 0 aliphatic rings. The molecule has 0 saturated heterocycles. The third-order valence-electron chi connectivity index (χ3n) is 3.87. The summed E-state index contributed by atoms with van der Waals surface area (Å²) in [7, 11) is 1.60. The summed E-state index contributed by atoms with van der Waals surface area (Å²) in [5.41, 5.74) is 6.54. The number of ketones is 1. The molecule has 1 atom stereocenters. The van der Waals surface area contributed by atoms with Gasteiger partial charge < -0.3 is 10.5 Å². The van der Waals surface area contributed by atoms with Crippen LogP contribution in [0.1, 0.15) is 50.4 Å². The summed E-state index contributed by atoms with van der Waals surface area (Å²) in [6, 6.07) is 7.41. The van der Waals surface area contributed by atoms with Crippen LogP contribution in [0.4, 0.5) is 0 Å². The van der Waals surface area contributed by atoms with E-state index >= 15 is 0 Å². The number of benzene rings is 1. The molecule has 1 rings (SSSR count). The van der Waals surface area contributed by atoms with Crippen molar-refractivity contribution in [2.24, 2.45) is 17.1 Å². The van der Waals surface area contributed by atoms with Gasteiger partial charge in [0.05, 0.1) is 12.7 Å². The van der Waals surface area contributed by atoms with Gasteiger partial charge in [0.25, 0.3) is 0 Å². The van der Waals surface area contributed by atoms with E-state index in [4.69, 9.17) is 10.5 Å². The highest BCUT2D eigenvalue weighted by molar-refractivity contribution is 5.98. The predicted octanol–water partition coefficient (Wildman–Crippen LogP) is 3.67. The smallest absolute Gasteiger partial charge is 0.166 e. The Labute approximate surface area is 122 Å². The molecule has 0 spiro atoms. The quantitative estimate of drug-likeness (QED) is 0.774. The fraction of sp³-hybridized carbons (Fsp3) is 0.588. The Morgan fingerprint density at radius 1 is 1.25 bits per heavy atom. The lowest BCUT2D eigenvalue weighted by Crippen LogP contribution is -2.24. The van der Waals surface area contributed by atoms with Crippen LogP contribution < -0.4 is 10.5 Å². The molecule has 112 valence electrons. The van der Waals surface area contributed by atoms with Gasteiger partial charge >= 0.3 is 0 Å². The van der Waals surface area contributed by atoms with Gasteiger partial charge in [0, 0.05) is 6.42 Å². The third-order valence-corrected chi connectivity index (χ3v) is 3.87. The maximum atomic E-state index is 12.3. The van der Waals surface area contributed by atoms with Crippen LogP contribution in [-0.2, 0) is 0 Å². The Bertz CT molecular complexity index is 435. The van der Waals surface area contributed by atoms with Crippen LogP contribution in [0.5, 0.6) is 5.75 Å². The molecule has 1 aromatic rings. The van der Waals surface area contributed by atoms with Gasteiger partial charge in [-0.25, -0.2) is 0 Å². The van der Waals surface area contributed by atoms with Gasteiger partial charge in [-0.3, -0.25) is 4.79 Å². The molecule has 0 aromatic heterocycles. The largest absolute Gasteiger partial charge is 0.496 e. The van der Waals surface area contributed by atoms with Gasteiger partial charge in [0.15, 0.2) is 5.78 Å². The topological polar surface area (TPSA) is 52.3 Å². The van der Waals surface area contributed by atoms with Crippen LogP contribution in [0.2, 0.25) is 0 Å². The van der Waals surface area contributed by atoms with Crippen molar-refractivity contribution >= 4 is 5.78 Å². The Balaban J connectivity index is 2.70. The molecule has 1 unspecified atom stereocenters. The number of hydrogen-bond acceptors (Lipinski definition) is 3. The van der Waals surface area contributed by atoms with Gasteiger partial charge in [0.1, 0.15) is 5.75 Å². The van der Waals surface area contributed by atoms with Gasteiger partial charge in [-0.05, 0) is 42.9 Å². The first-order chi connectivity index (χ1) is 9.40. The zero-order chi connectivity index (χ0) is 15.2. The van der Waals surface area contributed by atoms with Gasteiger partial charge in [-0.15, -0.1) is 0 Å². The summed E-state index contributed by atoms with van der Waals surface area (Å²) in [5.74, 6) is 1.27. The Morgan fingerprint density at radius 3 is 2.45 bits per heavy atom. The van der Waals surface area contributed by atoms with Crippen LogP contribution in [0.3, 0.4) is 0 Å². The van der Waals surface area contributed by atoms with E-state index in [-0.39, 0.29) is 11.2 Å². The fourth-order valence-electron chi connectivity index (χ4n) is 2.53. The molecule has 0 saturated carbocycles. The predicted molar refractivity (Wildman–Crippen MR) is 83.2 cm³/mol. The van der Waals surface area contributed by atoms with E-state index in [0.29, 0.717) is 30.2 Å². The van der Waals surface area contributed by atoms with E-state index in [2.05, 4.69) is 20.8 Å². The van der Waals surface area contributed by atoms with Crippen molar-refractivity contribution in [1.82, 2.24) is 0 Å². The van der Waals surface area contributed by atoms with E-state index in [1.807, 2.05) is 24.3 Å². The SMILES string of the molecule is COc1ccccc1C(=O)CCC(CCN)C(C)(C)C. The minimum atomic E-state index is 0.147. The summed E-state index contributed by atoms with van der Waals surface area (Å²) in [4.78, 5) is 12.3. The first-order valence-corrected chi connectivity index (χ1v) is 7.26. The van der Waals surface area contributed by atoms with E-state index < -0.39 is 0 Å². The molecule has 0 amide bonds. The Kier molecular flexibility index (Phi) is 6.21. The third kappa shape index (κ3) is 4.64. The summed E-state index contributed by atoms with van der Waals surface area (Å²) < 4.78 is 5.25. The second kappa shape index (κ2) is 7.44. The average Bonchev–Trinajstić information content (AvgIpc) is 2.41. The number of Topliss-reactive ketones (excluding diaryl/α,β-unsaturated/α-hetero) is 1. The number of hydrogen-bond donors (Lipinski definition) is 1. The van der Waals surface area contributed by atoms with Crippen LogP contribution in [0.15, 0.2) is 24.3 Å². The summed E-state index contributed by atoms with van der Waals surface area (Å²) in [6.07, 6.45) is 2.38. The molecule has 0 aliphatic heterocycles. The molecular formula is C17H27NO2. The molecule has 2 N–H and O–H groups in total. The fourth-order valence-corrected chi connectivity index (χ4v) is 2.53. The molecule has 3 nitrogen and oxygen atoms in total. The normalized spacial score (nSPS) is 13.1. The van der Waals surface area contributed by atoms with Crippen molar-refractivity contribution in [2.75, 3.05) is 13.7 Å². The highest BCUT2D eigenvalue weighted by Gasteiger charge is 2.25. The van der Waals surface area contributed by atoms with Crippen LogP contribution in [-0.4, -0.2) is 19.4 Å². The van der Waals surface area contributed by atoms with Crippen molar-refractivity contribution < 1.29 is 9.53 Å². The molecule has 0 aliphatic carbocycles. The maximum absolute atomic E-state index is 12.3. The molecule has 20 heavy (non-hydrogen) atoms. The maximum Gasteiger partial charge on any atom is 0.166 e. The van der Waals surface area contributed by atoms with E-state index in [0.717, 1.165) is 12.8 Å². The Morgan fingerprint density at radius 2 is 1.90 bits per heavy atom. The minimum absolute atomic E-state index is 0.147. The van der Waals surface area contributed by atoms with Crippen molar-refractivity contribution in [3.05, 3.63) is 29.8 Å². The summed E-state index contributed by atoms with van der Waals surface area (Å²) in [5, 5.41) is 0. The second-order valence-electron chi connectivity index (χ2n) is 6.30. The molecule has 0 fully saturated rings. The van der Waals surface area contributed by atoms with Gasteiger partial charge in [0.2, 0.25) is 0 Å². The molecular weight excluding hydrogens is 250 g/mol. The summed E-state index contributed by atoms with van der Waals surface area (Å²) >= 11 is 0. The number of carbonyl (C=O) groups excluding carboxylic acids is 1.